The zero-order valence-corrected chi connectivity index (χ0v) is 12.7. The maximum atomic E-state index is 12.3. The molecule has 0 fully saturated rings. The first-order valence-electron chi connectivity index (χ1n) is 6.95. The lowest BCUT2D eigenvalue weighted by Gasteiger charge is -2.33. The average Bonchev–Trinajstić information content (AvgIpc) is 2.76. The van der Waals surface area contributed by atoms with Gasteiger partial charge in [0.15, 0.2) is 0 Å². The molecule has 0 radical (unpaired) electrons. The summed E-state index contributed by atoms with van der Waals surface area (Å²) in [5.41, 5.74) is -0.696. The van der Waals surface area contributed by atoms with E-state index in [9.17, 15) is 14.9 Å². The fourth-order valence-electron chi connectivity index (χ4n) is 2.44. The molecular weight excluding hydrogens is 286 g/mol. The minimum atomic E-state index is -1.55. The molecule has 1 aliphatic heterocycles. The van der Waals surface area contributed by atoms with Crippen molar-refractivity contribution in [1.29, 1.82) is 5.26 Å². The zero-order chi connectivity index (χ0) is 16.3. The zero-order valence-electron chi connectivity index (χ0n) is 12.7. The van der Waals surface area contributed by atoms with Gasteiger partial charge in [-0.05, 0) is 32.9 Å². The number of para-hydroxylation sites is 2. The molecule has 7 nitrogen and oxygen atoms in total. The summed E-state index contributed by atoms with van der Waals surface area (Å²) in [7, 11) is 0. The predicted octanol–water partition coefficient (Wildman–Crippen LogP) is 2.87. The number of rotatable bonds is 2. The van der Waals surface area contributed by atoms with Crippen LogP contribution < -0.4 is 9.80 Å². The fourth-order valence-corrected chi connectivity index (χ4v) is 2.44. The van der Waals surface area contributed by atoms with Gasteiger partial charge >= 0.3 is 12.2 Å². The van der Waals surface area contributed by atoms with Crippen molar-refractivity contribution in [3.63, 3.8) is 0 Å². The van der Waals surface area contributed by atoms with Gasteiger partial charge in [-0.2, -0.15) is 5.26 Å². The molecule has 0 atom stereocenters. The molecule has 0 aliphatic carbocycles. The molecule has 0 saturated heterocycles. The summed E-state index contributed by atoms with van der Waals surface area (Å²) in [5, 5.41) is 9.62. The quantitative estimate of drug-likeness (QED) is 0.839. The van der Waals surface area contributed by atoms with E-state index in [0.717, 1.165) is 0 Å². The minimum Gasteiger partial charge on any atom is -0.449 e. The number of amides is 2. The smallest absolute Gasteiger partial charge is 0.417 e. The predicted molar refractivity (Wildman–Crippen MR) is 79.5 cm³/mol. The van der Waals surface area contributed by atoms with Crippen molar-refractivity contribution in [2.75, 3.05) is 23.0 Å². The van der Waals surface area contributed by atoms with Crippen molar-refractivity contribution < 1.29 is 19.1 Å². The highest BCUT2D eigenvalue weighted by atomic mass is 16.6. The highest BCUT2D eigenvalue weighted by Gasteiger charge is 2.53. The first-order valence-corrected chi connectivity index (χ1v) is 6.95. The lowest BCUT2D eigenvalue weighted by molar-refractivity contribution is 0.148. The molecule has 0 bridgehead atoms. The number of nitriles is 1. The topological polar surface area (TPSA) is 82.9 Å². The van der Waals surface area contributed by atoms with Crippen molar-refractivity contribution >= 4 is 23.6 Å². The molecule has 1 heterocycles. The summed E-state index contributed by atoms with van der Waals surface area (Å²) in [6.07, 6.45) is -1.38. The maximum Gasteiger partial charge on any atom is 0.417 e. The van der Waals surface area contributed by atoms with E-state index < -0.39 is 17.8 Å². The summed E-state index contributed by atoms with van der Waals surface area (Å²) >= 11 is 0. The van der Waals surface area contributed by atoms with Gasteiger partial charge in [0.1, 0.15) is 6.07 Å². The summed E-state index contributed by atoms with van der Waals surface area (Å²) in [5.74, 6) is 0. The number of carbonyl (C=O) groups is 2. The number of carbonyl (C=O) groups excluding carboxylic acids is 2. The Morgan fingerprint density at radius 2 is 1.50 bits per heavy atom. The average molecular weight is 303 g/mol. The van der Waals surface area contributed by atoms with E-state index in [1.165, 1.54) is 16.7 Å². The number of hydrogen-bond acceptors (Lipinski definition) is 5. The summed E-state index contributed by atoms with van der Waals surface area (Å²) in [6, 6.07) is 8.76. The number of benzene rings is 1. The third-order valence-electron chi connectivity index (χ3n) is 3.35. The normalized spacial score (nSPS) is 15.0. The van der Waals surface area contributed by atoms with Gasteiger partial charge in [-0.1, -0.05) is 12.1 Å². The molecule has 0 N–H and O–H groups in total. The summed E-state index contributed by atoms with van der Waals surface area (Å²) in [6.45, 7) is 5.15. The van der Waals surface area contributed by atoms with Crippen molar-refractivity contribution in [3.8, 4) is 6.07 Å². The van der Waals surface area contributed by atoms with E-state index in [4.69, 9.17) is 9.47 Å². The second-order valence-electron chi connectivity index (χ2n) is 4.69. The SMILES string of the molecule is CCOC(=O)N1c2ccccc2N(C(=O)OCC)C1(C)C#N. The second kappa shape index (κ2) is 5.93. The van der Waals surface area contributed by atoms with E-state index in [0.29, 0.717) is 11.4 Å². The van der Waals surface area contributed by atoms with Crippen LogP contribution >= 0.6 is 0 Å². The van der Waals surface area contributed by atoms with Crippen molar-refractivity contribution in [3.05, 3.63) is 24.3 Å². The van der Waals surface area contributed by atoms with Crippen LogP contribution in [0.25, 0.3) is 0 Å². The third kappa shape index (κ3) is 2.22. The number of hydrogen-bond donors (Lipinski definition) is 0. The van der Waals surface area contributed by atoms with Crippen LogP contribution in [-0.2, 0) is 9.47 Å². The van der Waals surface area contributed by atoms with Crippen LogP contribution in [0, 0.1) is 11.3 Å². The Hall–Kier alpha value is -2.75. The number of fused-ring (bicyclic) bond motifs is 1. The Morgan fingerprint density at radius 1 is 1.09 bits per heavy atom. The van der Waals surface area contributed by atoms with Gasteiger partial charge in [0.05, 0.1) is 24.6 Å². The van der Waals surface area contributed by atoms with Crippen LogP contribution in [0.2, 0.25) is 0 Å². The van der Waals surface area contributed by atoms with Gasteiger partial charge < -0.3 is 9.47 Å². The molecule has 7 heteroatoms. The molecule has 0 aromatic heterocycles. The number of anilines is 2. The molecule has 2 rings (SSSR count). The lowest BCUT2D eigenvalue weighted by atomic mass is 10.2. The van der Waals surface area contributed by atoms with Crippen molar-refractivity contribution in [2.45, 2.75) is 26.4 Å². The first-order chi connectivity index (χ1) is 10.5. The van der Waals surface area contributed by atoms with E-state index >= 15 is 0 Å². The lowest BCUT2D eigenvalue weighted by Crippen LogP contribution is -2.58. The second-order valence-corrected chi connectivity index (χ2v) is 4.69. The highest BCUT2D eigenvalue weighted by molar-refractivity contribution is 6.07. The fraction of sp³-hybridized carbons (Fsp3) is 0.400. The van der Waals surface area contributed by atoms with Gasteiger partial charge in [-0.3, -0.25) is 0 Å². The van der Waals surface area contributed by atoms with Crippen LogP contribution in [0.3, 0.4) is 0 Å². The highest BCUT2D eigenvalue weighted by Crippen LogP contribution is 2.45. The molecule has 22 heavy (non-hydrogen) atoms. The Bertz CT molecular complexity index is 593. The van der Waals surface area contributed by atoms with Gasteiger partial charge in [-0.25, -0.2) is 19.4 Å². The van der Waals surface area contributed by atoms with Gasteiger partial charge in [0.2, 0.25) is 5.66 Å². The van der Waals surface area contributed by atoms with Gasteiger partial charge in [-0.15, -0.1) is 0 Å². The minimum absolute atomic E-state index is 0.165. The Kier molecular flexibility index (Phi) is 4.22. The molecule has 116 valence electrons. The largest absolute Gasteiger partial charge is 0.449 e. The standard InChI is InChI=1S/C15H17N3O4/c1-4-21-13(19)17-11-8-6-7-9-12(11)18(14(20)22-5-2)15(17,3)10-16/h6-9H,4-5H2,1-3H3. The molecule has 1 aliphatic rings. The van der Waals surface area contributed by atoms with Crippen LogP contribution in [-0.4, -0.2) is 31.1 Å². The van der Waals surface area contributed by atoms with Crippen LogP contribution in [0.5, 0.6) is 0 Å². The van der Waals surface area contributed by atoms with Crippen LogP contribution in [0.15, 0.2) is 24.3 Å². The summed E-state index contributed by atoms with van der Waals surface area (Å²) < 4.78 is 10.1. The third-order valence-corrected chi connectivity index (χ3v) is 3.35. The van der Waals surface area contributed by atoms with E-state index in [-0.39, 0.29) is 13.2 Å². The van der Waals surface area contributed by atoms with Crippen LogP contribution in [0.1, 0.15) is 20.8 Å². The van der Waals surface area contributed by atoms with Gasteiger partial charge in [0, 0.05) is 0 Å². The van der Waals surface area contributed by atoms with Crippen molar-refractivity contribution in [2.24, 2.45) is 0 Å². The summed E-state index contributed by atoms with van der Waals surface area (Å²) in [4.78, 5) is 26.9. The molecule has 0 spiro atoms. The molecule has 1 aromatic rings. The van der Waals surface area contributed by atoms with E-state index in [1.54, 1.807) is 38.1 Å². The monoisotopic (exact) mass is 303 g/mol. The molecule has 0 unspecified atom stereocenters. The van der Waals surface area contributed by atoms with E-state index in [1.807, 2.05) is 6.07 Å². The first kappa shape index (κ1) is 15.6. The van der Waals surface area contributed by atoms with Gasteiger partial charge in [0.25, 0.3) is 0 Å². The number of nitrogens with zero attached hydrogens (tertiary/aromatic N) is 3. The van der Waals surface area contributed by atoms with E-state index in [2.05, 4.69) is 0 Å². The van der Waals surface area contributed by atoms with Crippen molar-refractivity contribution in [1.82, 2.24) is 0 Å². The number of ether oxygens (including phenoxy) is 2. The maximum absolute atomic E-state index is 12.3. The Morgan fingerprint density at radius 3 is 1.82 bits per heavy atom. The molecule has 1 aromatic carbocycles. The molecule has 0 saturated carbocycles. The Balaban J connectivity index is 2.59. The molecular formula is C15H17N3O4. The molecule has 2 amide bonds. The Labute approximate surface area is 128 Å². The van der Waals surface area contributed by atoms with Crippen LogP contribution in [0.4, 0.5) is 21.0 Å².